The molecule has 2 aromatic heterocycles. The molecular formula is C25H17ClN4O2. The molecule has 0 aliphatic carbocycles. The summed E-state index contributed by atoms with van der Waals surface area (Å²) in [6.45, 7) is 1.80. The van der Waals surface area contributed by atoms with Crippen molar-refractivity contribution in [3.05, 3.63) is 88.2 Å². The van der Waals surface area contributed by atoms with Crippen LogP contribution in [0.3, 0.4) is 0 Å². The van der Waals surface area contributed by atoms with Gasteiger partial charge in [0, 0.05) is 35.4 Å². The van der Waals surface area contributed by atoms with Gasteiger partial charge in [-0.15, -0.1) is 0 Å². The number of aryl methyl sites for hydroxylation is 1. The summed E-state index contributed by atoms with van der Waals surface area (Å²) in [7, 11) is 1.87. The van der Waals surface area contributed by atoms with E-state index in [-0.39, 0.29) is 11.8 Å². The number of hydrogen-bond acceptors (Lipinski definition) is 4. The molecule has 32 heavy (non-hydrogen) atoms. The Labute approximate surface area is 189 Å². The highest BCUT2D eigenvalue weighted by atomic mass is 35.5. The van der Waals surface area contributed by atoms with Crippen LogP contribution < -0.4 is 0 Å². The van der Waals surface area contributed by atoms with Crippen LogP contribution in [0.2, 0.25) is 5.02 Å². The maximum atomic E-state index is 12.9. The average molecular weight is 441 g/mol. The van der Waals surface area contributed by atoms with Crippen LogP contribution in [-0.2, 0) is 7.05 Å². The van der Waals surface area contributed by atoms with Gasteiger partial charge in [0.15, 0.2) is 0 Å². The van der Waals surface area contributed by atoms with E-state index in [0.717, 1.165) is 16.5 Å². The van der Waals surface area contributed by atoms with E-state index in [1.54, 1.807) is 49.6 Å². The molecule has 6 nitrogen and oxygen atoms in total. The Morgan fingerprint density at radius 2 is 1.72 bits per heavy atom. The smallest absolute Gasteiger partial charge is 0.262 e. The van der Waals surface area contributed by atoms with Crippen LogP contribution in [-0.4, -0.2) is 26.3 Å². The van der Waals surface area contributed by atoms with Crippen LogP contribution in [0.4, 0.5) is 0 Å². The molecule has 2 amide bonds. The van der Waals surface area contributed by atoms with Crippen LogP contribution in [0.15, 0.2) is 60.9 Å². The Hall–Kier alpha value is -3.95. The number of rotatable bonds is 3. The van der Waals surface area contributed by atoms with Crippen molar-refractivity contribution in [2.75, 3.05) is 0 Å². The van der Waals surface area contributed by atoms with Crippen LogP contribution >= 0.6 is 11.6 Å². The minimum atomic E-state index is -0.524. The first-order chi connectivity index (χ1) is 15.4. The zero-order valence-electron chi connectivity index (χ0n) is 17.3. The van der Waals surface area contributed by atoms with Crippen LogP contribution in [0.5, 0.6) is 0 Å². The zero-order valence-corrected chi connectivity index (χ0v) is 18.1. The number of nitrogens with zero attached hydrogens (tertiary/aromatic N) is 4. The van der Waals surface area contributed by atoms with Crippen LogP contribution in [0.1, 0.15) is 44.8 Å². The monoisotopic (exact) mass is 440 g/mol. The standard InChI is InChI=1S/C25H17ClN4O2/c1-14(30-24(31)19-5-3-4-6-20(19)25(30)32)15-9-16(13-28-12-15)23-21(11-27)18-8-7-17(26)10-22(18)29(23)2/h3-10,12-14H,1-2H3. The van der Waals surface area contributed by atoms with E-state index in [1.807, 2.05) is 29.8 Å². The van der Waals surface area contributed by atoms with E-state index in [1.165, 1.54) is 4.90 Å². The van der Waals surface area contributed by atoms with Gasteiger partial charge in [-0.1, -0.05) is 23.7 Å². The van der Waals surface area contributed by atoms with Crippen molar-refractivity contribution in [1.82, 2.24) is 14.5 Å². The Morgan fingerprint density at radius 3 is 2.38 bits per heavy atom. The maximum Gasteiger partial charge on any atom is 0.262 e. The highest BCUT2D eigenvalue weighted by Crippen LogP contribution is 2.36. The number of carbonyl (C=O) groups excluding carboxylic acids is 2. The minimum Gasteiger partial charge on any atom is -0.342 e. The van der Waals surface area contributed by atoms with Gasteiger partial charge in [0.25, 0.3) is 11.8 Å². The molecule has 0 bridgehead atoms. The molecule has 0 N–H and O–H groups in total. The Bertz CT molecular complexity index is 1450. The number of benzene rings is 2. The molecule has 0 spiro atoms. The Kier molecular flexibility index (Phi) is 4.58. The van der Waals surface area contributed by atoms with E-state index >= 15 is 0 Å². The SMILES string of the molecule is CC(c1cncc(-c2c(C#N)c3ccc(Cl)cc3n2C)c1)N1C(=O)c2ccccc2C1=O. The van der Waals surface area contributed by atoms with Gasteiger partial charge in [0.05, 0.1) is 33.9 Å². The molecule has 156 valence electrons. The first kappa shape index (κ1) is 20.0. The number of amides is 2. The fraction of sp³-hybridized carbons (Fsp3) is 0.120. The summed E-state index contributed by atoms with van der Waals surface area (Å²) in [5.41, 5.74) is 4.29. The number of carbonyl (C=O) groups is 2. The normalized spacial score (nSPS) is 14.0. The minimum absolute atomic E-state index is 0.319. The number of nitriles is 1. The highest BCUT2D eigenvalue weighted by Gasteiger charge is 2.38. The van der Waals surface area contributed by atoms with Crippen LogP contribution in [0, 0.1) is 11.3 Å². The van der Waals surface area contributed by atoms with E-state index in [4.69, 9.17) is 11.6 Å². The average Bonchev–Trinajstić information content (AvgIpc) is 3.23. The van der Waals surface area contributed by atoms with Crippen molar-refractivity contribution in [3.8, 4) is 17.3 Å². The third-order valence-electron chi connectivity index (χ3n) is 6.00. The summed E-state index contributed by atoms with van der Waals surface area (Å²) in [6.07, 6.45) is 3.32. The molecule has 2 aromatic carbocycles. The molecule has 0 radical (unpaired) electrons. The molecular weight excluding hydrogens is 424 g/mol. The van der Waals surface area contributed by atoms with Crippen molar-refractivity contribution in [1.29, 1.82) is 5.26 Å². The molecule has 0 fully saturated rings. The fourth-order valence-electron chi connectivity index (χ4n) is 4.38. The molecule has 5 rings (SSSR count). The number of pyridine rings is 1. The van der Waals surface area contributed by atoms with Gasteiger partial charge >= 0.3 is 0 Å². The van der Waals surface area contributed by atoms with E-state index in [9.17, 15) is 14.9 Å². The largest absolute Gasteiger partial charge is 0.342 e. The van der Waals surface area contributed by atoms with Gasteiger partial charge in [-0.05, 0) is 48.9 Å². The van der Waals surface area contributed by atoms with Crippen molar-refractivity contribution >= 4 is 34.3 Å². The van der Waals surface area contributed by atoms with Gasteiger partial charge in [-0.2, -0.15) is 5.26 Å². The number of halogens is 1. The molecule has 1 aliphatic heterocycles. The van der Waals surface area contributed by atoms with Gasteiger partial charge in [-0.25, -0.2) is 0 Å². The Balaban J connectivity index is 1.60. The predicted octanol–water partition coefficient (Wildman–Crippen LogP) is 5.12. The lowest BCUT2D eigenvalue weighted by atomic mass is 10.0. The van der Waals surface area contributed by atoms with Gasteiger partial charge < -0.3 is 4.57 Å². The topological polar surface area (TPSA) is 79.0 Å². The third-order valence-corrected chi connectivity index (χ3v) is 6.24. The highest BCUT2D eigenvalue weighted by molar-refractivity contribution is 6.31. The second-order valence-electron chi connectivity index (χ2n) is 7.76. The molecule has 3 heterocycles. The first-order valence-electron chi connectivity index (χ1n) is 10.0. The van der Waals surface area contributed by atoms with E-state index in [0.29, 0.717) is 33.0 Å². The molecule has 1 aliphatic rings. The number of hydrogen-bond donors (Lipinski definition) is 0. The van der Waals surface area contributed by atoms with Crippen molar-refractivity contribution in [2.24, 2.45) is 7.05 Å². The maximum absolute atomic E-state index is 12.9. The second kappa shape index (κ2) is 7.33. The summed E-state index contributed by atoms with van der Waals surface area (Å²) in [6, 6.07) is 15.9. The second-order valence-corrected chi connectivity index (χ2v) is 8.20. The van der Waals surface area contributed by atoms with Crippen molar-refractivity contribution in [2.45, 2.75) is 13.0 Å². The summed E-state index contributed by atoms with van der Waals surface area (Å²) in [5, 5.41) is 11.2. The van der Waals surface area contributed by atoms with Gasteiger partial charge in [0.2, 0.25) is 0 Å². The molecule has 1 atom stereocenters. The summed E-state index contributed by atoms with van der Waals surface area (Å²) in [5.74, 6) is -0.638. The number of fused-ring (bicyclic) bond motifs is 2. The summed E-state index contributed by atoms with van der Waals surface area (Å²) < 4.78 is 1.91. The van der Waals surface area contributed by atoms with Crippen LogP contribution in [0.25, 0.3) is 22.2 Å². The summed E-state index contributed by atoms with van der Waals surface area (Å²) >= 11 is 6.17. The summed E-state index contributed by atoms with van der Waals surface area (Å²) in [4.78, 5) is 31.4. The lowest BCUT2D eigenvalue weighted by molar-refractivity contribution is 0.0595. The zero-order chi connectivity index (χ0) is 22.6. The lowest BCUT2D eigenvalue weighted by Crippen LogP contribution is -2.32. The fourth-order valence-corrected chi connectivity index (χ4v) is 4.55. The third kappa shape index (κ3) is 2.83. The quantitative estimate of drug-likeness (QED) is 0.414. The molecule has 1 unspecified atom stereocenters. The number of aromatic nitrogens is 2. The Morgan fingerprint density at radius 1 is 1.03 bits per heavy atom. The molecule has 0 saturated carbocycles. The predicted molar refractivity (Wildman–Crippen MR) is 121 cm³/mol. The van der Waals surface area contributed by atoms with Gasteiger partial charge in [0.1, 0.15) is 6.07 Å². The van der Waals surface area contributed by atoms with Crippen molar-refractivity contribution in [3.63, 3.8) is 0 Å². The van der Waals surface area contributed by atoms with Gasteiger partial charge in [-0.3, -0.25) is 19.5 Å². The molecule has 0 saturated heterocycles. The van der Waals surface area contributed by atoms with E-state index in [2.05, 4.69) is 11.1 Å². The molecule has 4 aromatic rings. The number of imide groups is 1. The lowest BCUT2D eigenvalue weighted by Gasteiger charge is -2.23. The van der Waals surface area contributed by atoms with E-state index < -0.39 is 6.04 Å². The molecule has 7 heteroatoms. The first-order valence-corrected chi connectivity index (χ1v) is 10.4. The van der Waals surface area contributed by atoms with Crippen molar-refractivity contribution < 1.29 is 9.59 Å².